The van der Waals surface area contributed by atoms with Crippen molar-refractivity contribution >= 4 is 6.09 Å². The van der Waals surface area contributed by atoms with Crippen LogP contribution >= 0.6 is 0 Å². The number of carbonyl (C=O) groups is 1. The lowest BCUT2D eigenvalue weighted by molar-refractivity contribution is 0.0430. The summed E-state index contributed by atoms with van der Waals surface area (Å²) in [7, 11) is 0. The minimum absolute atomic E-state index is 0.00379. The summed E-state index contributed by atoms with van der Waals surface area (Å²) in [4.78, 5) is 11.4. The number of aliphatic hydroxyl groups is 1. The van der Waals surface area contributed by atoms with Crippen LogP contribution in [0.5, 0.6) is 0 Å². The zero-order valence-electron chi connectivity index (χ0n) is 10.2. The molecule has 0 heterocycles. The number of nitrogens with one attached hydrogen (secondary N) is 1. The molecule has 0 aromatic heterocycles. The molecule has 16 heavy (non-hydrogen) atoms. The van der Waals surface area contributed by atoms with E-state index in [1.807, 2.05) is 20.8 Å². The van der Waals surface area contributed by atoms with Gasteiger partial charge in [0.2, 0.25) is 0 Å². The minimum Gasteiger partial charge on any atom is -0.444 e. The summed E-state index contributed by atoms with van der Waals surface area (Å²) < 4.78 is 5.14. The highest BCUT2D eigenvalue weighted by Gasteiger charge is 2.34. The second-order valence-corrected chi connectivity index (χ2v) is 5.42. The minimum atomic E-state index is -0.464. The summed E-state index contributed by atoms with van der Waals surface area (Å²) >= 11 is 0. The largest absolute Gasteiger partial charge is 0.444 e. The van der Waals surface area contributed by atoms with Crippen molar-refractivity contribution < 1.29 is 14.6 Å². The van der Waals surface area contributed by atoms with Crippen LogP contribution in [0.1, 0.15) is 33.6 Å². The normalized spacial score (nSPS) is 26.8. The molecular formula is C11H22N2O3. The maximum atomic E-state index is 11.4. The van der Waals surface area contributed by atoms with Crippen LogP contribution in [0.15, 0.2) is 0 Å². The molecule has 1 amide bonds. The van der Waals surface area contributed by atoms with Crippen LogP contribution in [0, 0.1) is 5.92 Å². The van der Waals surface area contributed by atoms with Crippen molar-refractivity contribution in [2.75, 3.05) is 6.61 Å². The van der Waals surface area contributed by atoms with E-state index in [1.165, 1.54) is 0 Å². The number of nitrogens with two attached hydrogens (primary N) is 1. The number of ether oxygens (including phenoxy) is 1. The first kappa shape index (κ1) is 13.3. The predicted molar refractivity (Wildman–Crippen MR) is 60.9 cm³/mol. The molecule has 0 saturated heterocycles. The van der Waals surface area contributed by atoms with Crippen molar-refractivity contribution in [1.29, 1.82) is 0 Å². The second kappa shape index (κ2) is 5.01. The van der Waals surface area contributed by atoms with E-state index in [0.29, 0.717) is 5.92 Å². The van der Waals surface area contributed by atoms with Gasteiger partial charge in [-0.3, -0.25) is 0 Å². The van der Waals surface area contributed by atoms with Crippen molar-refractivity contribution in [2.24, 2.45) is 11.7 Å². The van der Waals surface area contributed by atoms with E-state index in [2.05, 4.69) is 5.32 Å². The van der Waals surface area contributed by atoms with E-state index in [-0.39, 0.29) is 24.8 Å². The lowest BCUT2D eigenvalue weighted by Gasteiger charge is -2.38. The monoisotopic (exact) mass is 230 g/mol. The molecule has 1 fully saturated rings. The quantitative estimate of drug-likeness (QED) is 0.663. The molecule has 1 rings (SSSR count). The summed E-state index contributed by atoms with van der Waals surface area (Å²) in [5.41, 5.74) is 5.22. The Bertz CT molecular complexity index is 244. The topological polar surface area (TPSA) is 84.6 Å². The zero-order valence-corrected chi connectivity index (χ0v) is 10.2. The highest BCUT2D eigenvalue weighted by atomic mass is 16.6. The lowest BCUT2D eigenvalue weighted by atomic mass is 9.76. The SMILES string of the molecule is CC(C)(C)OC(=O)N[C@H]1C[C@H]([C@@H](N)CO)C1. The number of alkyl carbamates (subject to hydrolysis) is 1. The van der Waals surface area contributed by atoms with Crippen LogP contribution < -0.4 is 11.1 Å². The maximum Gasteiger partial charge on any atom is 0.407 e. The Morgan fingerprint density at radius 3 is 2.56 bits per heavy atom. The van der Waals surface area contributed by atoms with Gasteiger partial charge in [-0.2, -0.15) is 0 Å². The van der Waals surface area contributed by atoms with Crippen LogP contribution in [0.25, 0.3) is 0 Å². The van der Waals surface area contributed by atoms with Crippen molar-refractivity contribution in [2.45, 2.75) is 51.3 Å². The third-order valence-electron chi connectivity index (χ3n) is 2.71. The first-order valence-corrected chi connectivity index (χ1v) is 5.68. The van der Waals surface area contributed by atoms with Gasteiger partial charge >= 0.3 is 6.09 Å². The summed E-state index contributed by atoms with van der Waals surface area (Å²) in [6, 6.07) is -0.0332. The zero-order chi connectivity index (χ0) is 12.3. The number of aliphatic hydroxyl groups excluding tert-OH is 1. The molecule has 4 N–H and O–H groups in total. The Hall–Kier alpha value is -0.810. The second-order valence-electron chi connectivity index (χ2n) is 5.42. The molecule has 1 aliphatic carbocycles. The van der Waals surface area contributed by atoms with Crippen LogP contribution in [0.4, 0.5) is 4.79 Å². The van der Waals surface area contributed by atoms with Gasteiger partial charge in [-0.25, -0.2) is 4.79 Å². The third-order valence-corrected chi connectivity index (χ3v) is 2.71. The van der Waals surface area contributed by atoms with Crippen LogP contribution in [0.3, 0.4) is 0 Å². The molecule has 0 spiro atoms. The van der Waals surface area contributed by atoms with Gasteiger partial charge in [0.1, 0.15) is 5.60 Å². The Labute approximate surface area is 96.3 Å². The first-order valence-electron chi connectivity index (χ1n) is 5.68. The van der Waals surface area contributed by atoms with E-state index in [0.717, 1.165) is 12.8 Å². The molecule has 5 nitrogen and oxygen atoms in total. The van der Waals surface area contributed by atoms with Crippen LogP contribution in [0.2, 0.25) is 0 Å². The van der Waals surface area contributed by atoms with Gasteiger partial charge in [-0.05, 0) is 39.5 Å². The fourth-order valence-electron chi connectivity index (χ4n) is 1.75. The smallest absolute Gasteiger partial charge is 0.407 e. The Balaban J connectivity index is 2.20. The predicted octanol–water partition coefficient (Wildman–Crippen LogP) is 0.609. The maximum absolute atomic E-state index is 11.4. The molecular weight excluding hydrogens is 208 g/mol. The van der Waals surface area contributed by atoms with Gasteiger partial charge in [-0.1, -0.05) is 0 Å². The fraction of sp³-hybridized carbons (Fsp3) is 0.909. The number of carbonyl (C=O) groups excluding carboxylic acids is 1. The molecule has 0 radical (unpaired) electrons. The van der Waals surface area contributed by atoms with E-state index in [9.17, 15) is 4.79 Å². The summed E-state index contributed by atoms with van der Waals surface area (Å²) in [6.07, 6.45) is 1.26. The average Bonchev–Trinajstić information content (AvgIpc) is 2.06. The fourth-order valence-corrected chi connectivity index (χ4v) is 1.75. The van der Waals surface area contributed by atoms with Crippen LogP contribution in [-0.4, -0.2) is 35.5 Å². The van der Waals surface area contributed by atoms with E-state index < -0.39 is 5.60 Å². The average molecular weight is 230 g/mol. The van der Waals surface area contributed by atoms with Gasteiger partial charge in [0.15, 0.2) is 0 Å². The number of hydrogen-bond donors (Lipinski definition) is 3. The molecule has 0 bridgehead atoms. The highest BCUT2D eigenvalue weighted by molar-refractivity contribution is 5.68. The Morgan fingerprint density at radius 1 is 1.56 bits per heavy atom. The summed E-state index contributed by atoms with van der Waals surface area (Å²) in [6.45, 7) is 5.50. The third kappa shape index (κ3) is 3.98. The molecule has 0 aliphatic heterocycles. The molecule has 0 aromatic rings. The first-order chi connectivity index (χ1) is 7.31. The van der Waals surface area contributed by atoms with Crippen molar-refractivity contribution in [3.8, 4) is 0 Å². The molecule has 1 aliphatic rings. The van der Waals surface area contributed by atoms with Crippen molar-refractivity contribution in [3.05, 3.63) is 0 Å². The number of hydrogen-bond acceptors (Lipinski definition) is 4. The summed E-state index contributed by atoms with van der Waals surface area (Å²) in [5.74, 6) is 0.310. The molecule has 0 aromatic carbocycles. The molecule has 94 valence electrons. The van der Waals surface area contributed by atoms with Gasteiger partial charge in [0, 0.05) is 12.1 Å². The number of amides is 1. The highest BCUT2D eigenvalue weighted by Crippen LogP contribution is 2.29. The molecule has 5 heteroatoms. The number of rotatable bonds is 3. The van der Waals surface area contributed by atoms with E-state index in [4.69, 9.17) is 15.6 Å². The van der Waals surface area contributed by atoms with Gasteiger partial charge in [0.25, 0.3) is 0 Å². The van der Waals surface area contributed by atoms with Gasteiger partial charge in [0.05, 0.1) is 6.61 Å². The lowest BCUT2D eigenvalue weighted by Crippen LogP contribution is -2.51. The van der Waals surface area contributed by atoms with Crippen LogP contribution in [-0.2, 0) is 4.74 Å². The van der Waals surface area contributed by atoms with Gasteiger partial charge in [-0.15, -0.1) is 0 Å². The van der Waals surface area contributed by atoms with Crippen molar-refractivity contribution in [3.63, 3.8) is 0 Å². The standard InChI is InChI=1S/C11H22N2O3/c1-11(2,3)16-10(15)13-8-4-7(5-8)9(12)6-14/h7-9,14H,4-6,12H2,1-3H3,(H,13,15)/t7-,8-,9-/m0/s1. The van der Waals surface area contributed by atoms with E-state index in [1.54, 1.807) is 0 Å². The molecule has 1 saturated carbocycles. The Morgan fingerprint density at radius 2 is 2.12 bits per heavy atom. The van der Waals surface area contributed by atoms with E-state index >= 15 is 0 Å². The summed E-state index contributed by atoms with van der Waals surface area (Å²) in [5, 5.41) is 11.6. The Kier molecular flexibility index (Phi) is 4.15. The van der Waals surface area contributed by atoms with Gasteiger partial charge < -0.3 is 20.9 Å². The van der Waals surface area contributed by atoms with Crippen molar-refractivity contribution in [1.82, 2.24) is 5.32 Å². The molecule has 1 atom stereocenters. The molecule has 0 unspecified atom stereocenters.